The minimum Gasteiger partial charge on any atom is -0.372 e. The molecular formula is C12H20O2. The maximum absolute atomic E-state index is 11.7. The molecule has 0 aromatic heterocycles. The van der Waals surface area contributed by atoms with Gasteiger partial charge in [-0.3, -0.25) is 4.79 Å². The maximum atomic E-state index is 11.7. The zero-order chi connectivity index (χ0) is 10.2. The first-order chi connectivity index (χ1) is 6.58. The van der Waals surface area contributed by atoms with Gasteiger partial charge in [0, 0.05) is 12.3 Å². The normalized spacial score (nSPS) is 37.4. The monoisotopic (exact) mass is 196 g/mol. The molecule has 1 saturated carbocycles. The Hall–Kier alpha value is -0.370. The molecule has 0 aromatic rings. The highest BCUT2D eigenvalue weighted by molar-refractivity contribution is 5.82. The predicted octanol–water partition coefficient (Wildman–Crippen LogP) is 2.70. The van der Waals surface area contributed by atoms with Crippen molar-refractivity contribution in [2.45, 2.75) is 64.1 Å². The molecule has 1 saturated heterocycles. The third kappa shape index (κ3) is 2.00. The van der Waals surface area contributed by atoms with E-state index in [9.17, 15) is 4.79 Å². The van der Waals surface area contributed by atoms with Crippen LogP contribution in [0.15, 0.2) is 0 Å². The van der Waals surface area contributed by atoms with E-state index >= 15 is 0 Å². The number of rotatable bonds is 1. The van der Waals surface area contributed by atoms with Gasteiger partial charge >= 0.3 is 0 Å². The molecule has 14 heavy (non-hydrogen) atoms. The molecule has 0 unspecified atom stereocenters. The minimum atomic E-state index is 0.00237. The summed E-state index contributed by atoms with van der Waals surface area (Å²) in [5.41, 5.74) is 0.00237. The molecule has 0 aromatic carbocycles. The summed E-state index contributed by atoms with van der Waals surface area (Å²) in [6.07, 6.45) is 6.52. The third-order valence-corrected chi connectivity index (χ3v) is 3.55. The topological polar surface area (TPSA) is 26.3 Å². The van der Waals surface area contributed by atoms with Crippen LogP contribution in [0.2, 0.25) is 0 Å². The summed E-state index contributed by atoms with van der Waals surface area (Å²) < 4.78 is 5.94. The highest BCUT2D eigenvalue weighted by Crippen LogP contribution is 2.37. The van der Waals surface area contributed by atoms with Gasteiger partial charge in [-0.05, 0) is 39.5 Å². The van der Waals surface area contributed by atoms with E-state index in [-0.39, 0.29) is 17.6 Å². The van der Waals surface area contributed by atoms with Crippen LogP contribution in [0.4, 0.5) is 0 Å². The van der Waals surface area contributed by atoms with E-state index in [4.69, 9.17) is 4.74 Å². The molecule has 2 aliphatic rings. The zero-order valence-electron chi connectivity index (χ0n) is 9.21. The van der Waals surface area contributed by atoms with E-state index in [0.717, 1.165) is 32.1 Å². The van der Waals surface area contributed by atoms with E-state index in [2.05, 4.69) is 13.8 Å². The van der Waals surface area contributed by atoms with Crippen molar-refractivity contribution in [3.63, 3.8) is 0 Å². The molecule has 0 N–H and O–H groups in total. The summed E-state index contributed by atoms with van der Waals surface area (Å²) >= 11 is 0. The summed E-state index contributed by atoms with van der Waals surface area (Å²) in [6.45, 7) is 4.25. The van der Waals surface area contributed by atoms with Crippen molar-refractivity contribution in [1.82, 2.24) is 0 Å². The molecule has 2 nitrogen and oxygen atoms in total. The van der Waals surface area contributed by atoms with Crippen LogP contribution in [0.1, 0.15) is 52.4 Å². The van der Waals surface area contributed by atoms with Crippen molar-refractivity contribution in [3.05, 3.63) is 0 Å². The van der Waals surface area contributed by atoms with Gasteiger partial charge in [-0.1, -0.05) is 6.42 Å². The average Bonchev–Trinajstić information content (AvgIpc) is 2.47. The molecule has 0 bridgehead atoms. The highest BCUT2D eigenvalue weighted by atomic mass is 16.5. The van der Waals surface area contributed by atoms with Gasteiger partial charge in [0.15, 0.2) is 0 Å². The first-order valence-electron chi connectivity index (χ1n) is 5.79. The van der Waals surface area contributed by atoms with Crippen molar-refractivity contribution in [2.24, 2.45) is 5.92 Å². The lowest BCUT2D eigenvalue weighted by atomic mass is 9.83. The SMILES string of the molecule is CC1(C)CC[C@H]([C@@H]2CCCCC2=O)O1. The molecule has 1 heterocycles. The van der Waals surface area contributed by atoms with E-state index in [0.29, 0.717) is 5.78 Å². The Morgan fingerprint density at radius 2 is 2.07 bits per heavy atom. The van der Waals surface area contributed by atoms with Crippen LogP contribution in [0.5, 0.6) is 0 Å². The number of Topliss-reactive ketones (excluding diaryl/α,β-unsaturated/α-hetero) is 1. The van der Waals surface area contributed by atoms with Gasteiger partial charge in [0.1, 0.15) is 5.78 Å². The van der Waals surface area contributed by atoms with Gasteiger partial charge in [0.25, 0.3) is 0 Å². The number of ether oxygens (including phenoxy) is 1. The molecule has 1 aliphatic carbocycles. The Morgan fingerprint density at radius 1 is 1.29 bits per heavy atom. The van der Waals surface area contributed by atoms with Gasteiger partial charge in [-0.2, -0.15) is 0 Å². The molecular weight excluding hydrogens is 176 g/mol. The lowest BCUT2D eigenvalue weighted by Gasteiger charge is -2.27. The molecule has 2 atom stereocenters. The van der Waals surface area contributed by atoms with Crippen LogP contribution < -0.4 is 0 Å². The van der Waals surface area contributed by atoms with E-state index in [1.54, 1.807) is 0 Å². The van der Waals surface area contributed by atoms with Gasteiger partial charge in [0.05, 0.1) is 11.7 Å². The van der Waals surface area contributed by atoms with Crippen molar-refractivity contribution in [1.29, 1.82) is 0 Å². The minimum absolute atomic E-state index is 0.00237. The van der Waals surface area contributed by atoms with Gasteiger partial charge in [-0.25, -0.2) is 0 Å². The molecule has 2 rings (SSSR count). The van der Waals surface area contributed by atoms with Crippen molar-refractivity contribution < 1.29 is 9.53 Å². The second kappa shape index (κ2) is 3.65. The number of ketones is 1. The van der Waals surface area contributed by atoms with Crippen LogP contribution in [0, 0.1) is 5.92 Å². The van der Waals surface area contributed by atoms with E-state index in [1.165, 1.54) is 6.42 Å². The Morgan fingerprint density at radius 3 is 2.64 bits per heavy atom. The summed E-state index contributed by atoms with van der Waals surface area (Å²) in [7, 11) is 0. The Bertz CT molecular complexity index is 232. The van der Waals surface area contributed by atoms with Crippen molar-refractivity contribution in [3.8, 4) is 0 Å². The second-order valence-corrected chi connectivity index (χ2v) is 5.27. The molecule has 2 heteroatoms. The number of carbonyl (C=O) groups excluding carboxylic acids is 1. The van der Waals surface area contributed by atoms with Crippen LogP contribution in [-0.4, -0.2) is 17.5 Å². The fraction of sp³-hybridized carbons (Fsp3) is 0.917. The van der Waals surface area contributed by atoms with Crippen LogP contribution in [0.25, 0.3) is 0 Å². The number of carbonyl (C=O) groups is 1. The quantitative estimate of drug-likeness (QED) is 0.644. The van der Waals surface area contributed by atoms with Gasteiger partial charge in [0.2, 0.25) is 0 Å². The average molecular weight is 196 g/mol. The van der Waals surface area contributed by atoms with Crippen LogP contribution in [-0.2, 0) is 9.53 Å². The highest BCUT2D eigenvalue weighted by Gasteiger charge is 2.39. The lowest BCUT2D eigenvalue weighted by Crippen LogP contribution is -2.32. The summed E-state index contributed by atoms with van der Waals surface area (Å²) in [4.78, 5) is 11.7. The summed E-state index contributed by atoms with van der Waals surface area (Å²) in [5, 5.41) is 0. The van der Waals surface area contributed by atoms with Gasteiger partial charge in [-0.15, -0.1) is 0 Å². The molecule has 0 amide bonds. The fourth-order valence-corrected chi connectivity index (χ4v) is 2.70. The van der Waals surface area contributed by atoms with Crippen LogP contribution in [0.3, 0.4) is 0 Å². The van der Waals surface area contributed by atoms with Crippen LogP contribution >= 0.6 is 0 Å². The maximum Gasteiger partial charge on any atom is 0.138 e. The molecule has 2 fully saturated rings. The zero-order valence-corrected chi connectivity index (χ0v) is 9.21. The van der Waals surface area contributed by atoms with Crippen molar-refractivity contribution in [2.75, 3.05) is 0 Å². The number of hydrogen-bond donors (Lipinski definition) is 0. The number of hydrogen-bond acceptors (Lipinski definition) is 2. The standard InChI is InChI=1S/C12H20O2/c1-12(2)8-7-11(14-12)9-5-3-4-6-10(9)13/h9,11H,3-8H2,1-2H3/t9-,11-/m1/s1. The Balaban J connectivity index is 1.98. The van der Waals surface area contributed by atoms with E-state index in [1.807, 2.05) is 0 Å². The second-order valence-electron chi connectivity index (χ2n) is 5.27. The molecule has 80 valence electrons. The molecule has 0 spiro atoms. The summed E-state index contributed by atoms with van der Waals surface area (Å²) in [6, 6.07) is 0. The Labute approximate surface area is 86.0 Å². The van der Waals surface area contributed by atoms with Crippen molar-refractivity contribution >= 4 is 5.78 Å². The fourth-order valence-electron chi connectivity index (χ4n) is 2.70. The first-order valence-corrected chi connectivity index (χ1v) is 5.79. The van der Waals surface area contributed by atoms with Gasteiger partial charge < -0.3 is 4.74 Å². The smallest absolute Gasteiger partial charge is 0.138 e. The molecule has 1 aliphatic heterocycles. The summed E-state index contributed by atoms with van der Waals surface area (Å²) in [5.74, 6) is 0.657. The first kappa shape index (κ1) is 10.2. The largest absolute Gasteiger partial charge is 0.372 e. The predicted molar refractivity (Wildman–Crippen MR) is 55.2 cm³/mol. The third-order valence-electron chi connectivity index (χ3n) is 3.55. The molecule has 0 radical (unpaired) electrons. The Kier molecular flexibility index (Phi) is 2.65. The lowest BCUT2D eigenvalue weighted by molar-refractivity contribution is -0.132. The van der Waals surface area contributed by atoms with E-state index < -0.39 is 0 Å².